The highest BCUT2D eigenvalue weighted by Gasteiger charge is 2.43. The summed E-state index contributed by atoms with van der Waals surface area (Å²) in [5.41, 5.74) is 1.33. The second kappa shape index (κ2) is 7.18. The fraction of sp³-hybridized carbons (Fsp3) is 0.455. The average molecular weight is 381 g/mol. The van der Waals surface area contributed by atoms with Crippen LogP contribution in [-0.2, 0) is 0 Å². The Bertz CT molecular complexity index is 818. The Hall–Kier alpha value is -2.44. The lowest BCUT2D eigenvalue weighted by molar-refractivity contribution is 0.0460. The van der Waals surface area contributed by atoms with Gasteiger partial charge in [-0.15, -0.1) is 0 Å². The number of nitrogens with zero attached hydrogens (tertiary/aromatic N) is 2. The largest absolute Gasteiger partial charge is 0.508 e. The molecule has 2 aromatic rings. The molecule has 1 atom stereocenters. The van der Waals surface area contributed by atoms with E-state index >= 15 is 0 Å². The lowest BCUT2D eigenvalue weighted by atomic mass is 9.86. The number of fused-ring (bicyclic) bond motifs is 1. The summed E-state index contributed by atoms with van der Waals surface area (Å²) >= 11 is 0. The number of piperidine rings is 1. The minimum atomic E-state index is 0.0823. The summed E-state index contributed by atoms with van der Waals surface area (Å²) in [6, 6.07) is 15.5. The van der Waals surface area contributed by atoms with Gasteiger partial charge in [-0.1, -0.05) is 12.1 Å². The van der Waals surface area contributed by atoms with Crippen molar-refractivity contribution in [1.29, 1.82) is 0 Å². The van der Waals surface area contributed by atoms with Crippen LogP contribution in [0.1, 0.15) is 12.8 Å². The number of phenolic OH excluding ortho intramolecular Hbond substituents is 1. The second-order valence-electron chi connectivity index (χ2n) is 8.05. The van der Waals surface area contributed by atoms with Crippen molar-refractivity contribution in [2.24, 2.45) is 0 Å². The van der Waals surface area contributed by atoms with Crippen molar-refractivity contribution >= 4 is 5.69 Å². The highest BCUT2D eigenvalue weighted by atomic mass is 16.6. The van der Waals surface area contributed by atoms with Crippen LogP contribution < -0.4 is 19.7 Å². The number of para-hydroxylation sites is 2. The molecule has 3 aliphatic heterocycles. The van der Waals surface area contributed by atoms with Crippen LogP contribution in [0.4, 0.5) is 5.69 Å². The van der Waals surface area contributed by atoms with Gasteiger partial charge >= 0.3 is 0 Å². The first-order valence-electron chi connectivity index (χ1n) is 10.1. The van der Waals surface area contributed by atoms with Crippen molar-refractivity contribution < 1.29 is 14.6 Å². The first-order valence-corrected chi connectivity index (χ1v) is 10.1. The molecular formula is C22H27N3O3. The van der Waals surface area contributed by atoms with Gasteiger partial charge in [-0.2, -0.15) is 0 Å². The number of ether oxygens (including phenoxy) is 2. The standard InChI is InChI=1S/C22H27N3O3/c26-18-7-5-17(6-8-18)25-16-23-15-22(25)9-11-24(12-10-22)13-19-14-27-20-3-1-2-4-21(20)28-19/h1-8,19,23,26H,9-16H2. The van der Waals surface area contributed by atoms with Gasteiger partial charge in [0, 0.05) is 31.9 Å². The smallest absolute Gasteiger partial charge is 0.161 e. The van der Waals surface area contributed by atoms with Crippen molar-refractivity contribution in [3.05, 3.63) is 48.5 Å². The number of aromatic hydroxyl groups is 1. The Morgan fingerprint density at radius 1 is 1.04 bits per heavy atom. The van der Waals surface area contributed by atoms with Gasteiger partial charge in [-0.25, -0.2) is 0 Å². The molecule has 3 aliphatic rings. The maximum absolute atomic E-state index is 9.59. The third-order valence-corrected chi connectivity index (χ3v) is 6.27. The monoisotopic (exact) mass is 381 g/mol. The highest BCUT2D eigenvalue weighted by molar-refractivity contribution is 5.52. The van der Waals surface area contributed by atoms with Gasteiger partial charge in [0.2, 0.25) is 0 Å². The quantitative estimate of drug-likeness (QED) is 0.852. The summed E-state index contributed by atoms with van der Waals surface area (Å²) in [5, 5.41) is 13.1. The Balaban J connectivity index is 1.21. The Morgan fingerprint density at radius 2 is 1.79 bits per heavy atom. The molecule has 5 rings (SSSR count). The van der Waals surface area contributed by atoms with Gasteiger partial charge in [0.15, 0.2) is 11.5 Å². The van der Waals surface area contributed by atoms with Gasteiger partial charge in [0.05, 0.1) is 12.2 Å². The minimum absolute atomic E-state index is 0.0823. The normalized spacial score (nSPS) is 23.9. The van der Waals surface area contributed by atoms with Crippen molar-refractivity contribution in [3.8, 4) is 17.2 Å². The molecule has 2 fully saturated rings. The molecule has 6 nitrogen and oxygen atoms in total. The minimum Gasteiger partial charge on any atom is -0.508 e. The summed E-state index contributed by atoms with van der Waals surface area (Å²) in [5.74, 6) is 2.01. The van der Waals surface area contributed by atoms with E-state index in [0.717, 1.165) is 57.2 Å². The summed E-state index contributed by atoms with van der Waals surface area (Å²) in [6.45, 7) is 5.49. The van der Waals surface area contributed by atoms with E-state index in [1.165, 1.54) is 5.69 Å². The number of hydrogen-bond donors (Lipinski definition) is 2. The molecule has 0 aliphatic carbocycles. The van der Waals surface area contributed by atoms with Crippen LogP contribution in [0.3, 0.4) is 0 Å². The average Bonchev–Trinajstić information content (AvgIpc) is 3.13. The van der Waals surface area contributed by atoms with E-state index in [9.17, 15) is 5.11 Å². The first-order chi connectivity index (χ1) is 13.7. The fourth-order valence-electron chi connectivity index (χ4n) is 4.70. The molecule has 28 heavy (non-hydrogen) atoms. The molecule has 3 heterocycles. The Labute approximate surface area is 165 Å². The number of rotatable bonds is 3. The molecule has 2 aromatic carbocycles. The summed E-state index contributed by atoms with van der Waals surface area (Å²) in [4.78, 5) is 4.97. The van der Waals surface area contributed by atoms with Crippen molar-refractivity contribution in [2.75, 3.05) is 44.4 Å². The molecule has 148 valence electrons. The Morgan fingerprint density at radius 3 is 2.57 bits per heavy atom. The second-order valence-corrected chi connectivity index (χ2v) is 8.05. The number of nitrogens with one attached hydrogen (secondary N) is 1. The van der Waals surface area contributed by atoms with Crippen LogP contribution in [0.2, 0.25) is 0 Å². The zero-order valence-electron chi connectivity index (χ0n) is 16.0. The molecule has 2 saturated heterocycles. The molecule has 2 N–H and O–H groups in total. The van der Waals surface area contributed by atoms with Crippen LogP contribution in [0, 0.1) is 0 Å². The van der Waals surface area contributed by atoms with E-state index in [0.29, 0.717) is 12.4 Å². The van der Waals surface area contributed by atoms with Gasteiger partial charge in [0.25, 0.3) is 0 Å². The van der Waals surface area contributed by atoms with Crippen molar-refractivity contribution in [3.63, 3.8) is 0 Å². The molecular weight excluding hydrogens is 354 g/mol. The number of likely N-dealkylation sites (tertiary alicyclic amines) is 1. The molecule has 0 radical (unpaired) electrons. The molecule has 0 aromatic heterocycles. The summed E-state index contributed by atoms with van der Waals surface area (Å²) in [7, 11) is 0. The van der Waals surface area contributed by atoms with Crippen LogP contribution in [0.25, 0.3) is 0 Å². The van der Waals surface area contributed by atoms with Gasteiger partial charge in [-0.05, 0) is 49.2 Å². The van der Waals surface area contributed by atoms with Crippen LogP contribution in [0.15, 0.2) is 48.5 Å². The lowest BCUT2D eigenvalue weighted by Gasteiger charge is -2.46. The molecule has 1 spiro atoms. The lowest BCUT2D eigenvalue weighted by Crippen LogP contribution is -2.55. The number of hydrogen-bond acceptors (Lipinski definition) is 6. The van der Waals surface area contributed by atoms with Crippen molar-refractivity contribution in [2.45, 2.75) is 24.5 Å². The SMILES string of the molecule is Oc1ccc(N2CNCC23CCN(CC2COc4ccccc4O2)CC3)cc1. The van der Waals surface area contributed by atoms with Crippen molar-refractivity contribution in [1.82, 2.24) is 10.2 Å². The number of benzene rings is 2. The molecule has 0 saturated carbocycles. The van der Waals surface area contributed by atoms with E-state index < -0.39 is 0 Å². The molecule has 0 bridgehead atoms. The fourth-order valence-corrected chi connectivity index (χ4v) is 4.70. The zero-order valence-corrected chi connectivity index (χ0v) is 16.0. The Kier molecular flexibility index (Phi) is 4.53. The summed E-state index contributed by atoms with van der Waals surface area (Å²) in [6.07, 6.45) is 2.31. The number of anilines is 1. The molecule has 6 heteroatoms. The summed E-state index contributed by atoms with van der Waals surface area (Å²) < 4.78 is 12.0. The van der Waals surface area contributed by atoms with Crippen LogP contribution >= 0.6 is 0 Å². The van der Waals surface area contributed by atoms with E-state index in [1.807, 2.05) is 36.4 Å². The zero-order chi connectivity index (χ0) is 19.0. The van der Waals surface area contributed by atoms with E-state index in [-0.39, 0.29) is 11.6 Å². The number of phenols is 1. The predicted molar refractivity (Wildman–Crippen MR) is 108 cm³/mol. The van der Waals surface area contributed by atoms with Gasteiger partial charge in [0.1, 0.15) is 18.5 Å². The maximum Gasteiger partial charge on any atom is 0.161 e. The first kappa shape index (κ1) is 17.6. The third kappa shape index (κ3) is 3.27. The highest BCUT2D eigenvalue weighted by Crippen LogP contribution is 2.36. The third-order valence-electron chi connectivity index (χ3n) is 6.27. The predicted octanol–water partition coefficient (Wildman–Crippen LogP) is 2.43. The maximum atomic E-state index is 9.59. The van der Waals surface area contributed by atoms with Crippen LogP contribution in [0.5, 0.6) is 17.2 Å². The molecule has 1 unspecified atom stereocenters. The van der Waals surface area contributed by atoms with Crippen LogP contribution in [-0.4, -0.2) is 61.1 Å². The molecule has 0 amide bonds. The van der Waals surface area contributed by atoms with E-state index in [1.54, 1.807) is 12.1 Å². The van der Waals surface area contributed by atoms with Gasteiger partial charge < -0.3 is 19.5 Å². The van der Waals surface area contributed by atoms with Gasteiger partial charge in [-0.3, -0.25) is 10.2 Å². The van der Waals surface area contributed by atoms with E-state index in [2.05, 4.69) is 15.1 Å². The topological polar surface area (TPSA) is 57.2 Å². The van der Waals surface area contributed by atoms with E-state index in [4.69, 9.17) is 9.47 Å².